The number of aryl methyl sites for hydroxylation is 1. The van der Waals surface area contributed by atoms with E-state index < -0.39 is 0 Å². The number of aliphatic imine (C=N–C) groups is 1. The molecule has 2 heterocycles. The van der Waals surface area contributed by atoms with E-state index >= 15 is 0 Å². The van der Waals surface area contributed by atoms with E-state index in [9.17, 15) is 0 Å². The molecule has 0 amide bonds. The van der Waals surface area contributed by atoms with Crippen LogP contribution in [0.25, 0.3) is 0 Å². The Morgan fingerprint density at radius 3 is 2.71 bits per heavy atom. The van der Waals surface area contributed by atoms with Crippen LogP contribution in [-0.2, 0) is 13.0 Å². The molecule has 0 spiro atoms. The highest BCUT2D eigenvalue weighted by atomic mass is 127. The second-order valence-corrected chi connectivity index (χ2v) is 5.52. The van der Waals surface area contributed by atoms with Gasteiger partial charge in [0.15, 0.2) is 5.96 Å². The SMILES string of the molecule is CCNC(=NCc1cccc(C)n1)NCCc1ccc(Cl)nc1.I. The van der Waals surface area contributed by atoms with Crippen molar-refractivity contribution < 1.29 is 0 Å². The molecule has 0 unspecified atom stereocenters. The van der Waals surface area contributed by atoms with E-state index in [1.165, 1.54) is 0 Å². The molecule has 0 aliphatic carbocycles. The Labute approximate surface area is 165 Å². The van der Waals surface area contributed by atoms with E-state index in [-0.39, 0.29) is 24.0 Å². The summed E-state index contributed by atoms with van der Waals surface area (Å²) in [7, 11) is 0. The summed E-state index contributed by atoms with van der Waals surface area (Å²) in [5.41, 5.74) is 3.10. The Balaban J connectivity index is 0.00000288. The van der Waals surface area contributed by atoms with Gasteiger partial charge < -0.3 is 10.6 Å². The molecule has 2 aromatic rings. The molecule has 24 heavy (non-hydrogen) atoms. The van der Waals surface area contributed by atoms with Crippen molar-refractivity contribution in [2.24, 2.45) is 4.99 Å². The fourth-order valence-electron chi connectivity index (χ4n) is 2.07. The highest BCUT2D eigenvalue weighted by Gasteiger charge is 2.00. The van der Waals surface area contributed by atoms with Crippen LogP contribution in [-0.4, -0.2) is 29.0 Å². The summed E-state index contributed by atoms with van der Waals surface area (Å²) < 4.78 is 0. The lowest BCUT2D eigenvalue weighted by Crippen LogP contribution is -2.38. The molecule has 5 nitrogen and oxygen atoms in total. The van der Waals surface area contributed by atoms with Gasteiger partial charge in [-0.3, -0.25) is 4.98 Å². The Hall–Kier alpha value is -1.41. The summed E-state index contributed by atoms with van der Waals surface area (Å²) in [4.78, 5) is 13.1. The molecule has 2 rings (SSSR count). The normalized spacial score (nSPS) is 10.9. The molecule has 2 aromatic heterocycles. The van der Waals surface area contributed by atoms with Crippen molar-refractivity contribution in [3.8, 4) is 0 Å². The molecule has 130 valence electrons. The molecule has 0 aliphatic rings. The third-order valence-corrected chi connectivity index (χ3v) is 3.41. The van der Waals surface area contributed by atoms with E-state index in [1.807, 2.05) is 38.1 Å². The van der Waals surface area contributed by atoms with Crippen LogP contribution >= 0.6 is 35.6 Å². The molecule has 0 aliphatic heterocycles. The van der Waals surface area contributed by atoms with E-state index in [0.29, 0.717) is 11.7 Å². The van der Waals surface area contributed by atoms with Gasteiger partial charge in [-0.15, -0.1) is 24.0 Å². The first-order chi connectivity index (χ1) is 11.2. The van der Waals surface area contributed by atoms with E-state index in [0.717, 1.165) is 42.4 Å². The number of nitrogens with zero attached hydrogens (tertiary/aromatic N) is 3. The average Bonchev–Trinajstić information content (AvgIpc) is 2.54. The van der Waals surface area contributed by atoms with Crippen molar-refractivity contribution >= 4 is 41.5 Å². The minimum atomic E-state index is 0. The number of hydrogen-bond acceptors (Lipinski definition) is 3. The van der Waals surface area contributed by atoms with Gasteiger partial charge in [0.05, 0.1) is 12.2 Å². The summed E-state index contributed by atoms with van der Waals surface area (Å²) in [6.07, 6.45) is 2.65. The van der Waals surface area contributed by atoms with Crippen LogP contribution in [0.3, 0.4) is 0 Å². The first-order valence-electron chi connectivity index (χ1n) is 7.72. The van der Waals surface area contributed by atoms with Gasteiger partial charge in [0.2, 0.25) is 0 Å². The summed E-state index contributed by atoms with van der Waals surface area (Å²) >= 11 is 5.79. The molecule has 0 bridgehead atoms. The monoisotopic (exact) mass is 459 g/mol. The minimum absolute atomic E-state index is 0. The maximum absolute atomic E-state index is 5.79. The Morgan fingerprint density at radius 2 is 2.04 bits per heavy atom. The summed E-state index contributed by atoms with van der Waals surface area (Å²) in [5.74, 6) is 0.790. The van der Waals surface area contributed by atoms with Gasteiger partial charge in [-0.2, -0.15) is 0 Å². The predicted octanol–water partition coefficient (Wildman–Crippen LogP) is 3.35. The van der Waals surface area contributed by atoms with Crippen molar-refractivity contribution in [2.75, 3.05) is 13.1 Å². The second-order valence-electron chi connectivity index (χ2n) is 5.13. The number of guanidine groups is 1. The highest BCUT2D eigenvalue weighted by Crippen LogP contribution is 2.05. The van der Waals surface area contributed by atoms with Crippen LogP contribution in [0.15, 0.2) is 41.5 Å². The highest BCUT2D eigenvalue weighted by molar-refractivity contribution is 14.0. The molecule has 0 aromatic carbocycles. The zero-order chi connectivity index (χ0) is 16.5. The number of rotatable bonds is 6. The number of aromatic nitrogens is 2. The minimum Gasteiger partial charge on any atom is -0.357 e. The van der Waals surface area contributed by atoms with E-state index in [2.05, 4.69) is 25.6 Å². The fourth-order valence-corrected chi connectivity index (χ4v) is 2.18. The van der Waals surface area contributed by atoms with Crippen LogP contribution in [0.5, 0.6) is 0 Å². The number of nitrogens with one attached hydrogen (secondary N) is 2. The zero-order valence-electron chi connectivity index (χ0n) is 13.9. The second kappa shape index (κ2) is 11.2. The number of pyridine rings is 2. The number of halogens is 2. The topological polar surface area (TPSA) is 62.2 Å². The lowest BCUT2D eigenvalue weighted by molar-refractivity contribution is 0.794. The molecule has 0 fully saturated rings. The van der Waals surface area contributed by atoms with Gasteiger partial charge in [0.25, 0.3) is 0 Å². The lowest BCUT2D eigenvalue weighted by Gasteiger charge is -2.11. The van der Waals surface area contributed by atoms with Crippen LogP contribution in [0, 0.1) is 6.92 Å². The lowest BCUT2D eigenvalue weighted by atomic mass is 10.2. The molecule has 2 N–H and O–H groups in total. The van der Waals surface area contributed by atoms with Crippen molar-refractivity contribution in [3.05, 3.63) is 58.6 Å². The first kappa shape index (κ1) is 20.6. The maximum atomic E-state index is 5.79. The molecule has 0 saturated carbocycles. The molecular formula is C17H23ClIN5. The van der Waals surface area contributed by atoms with Gasteiger partial charge in [-0.05, 0) is 44.0 Å². The maximum Gasteiger partial charge on any atom is 0.191 e. The summed E-state index contributed by atoms with van der Waals surface area (Å²) in [6.45, 7) is 6.17. The Bertz CT molecular complexity index is 646. The van der Waals surface area contributed by atoms with E-state index in [1.54, 1.807) is 12.3 Å². The van der Waals surface area contributed by atoms with Crippen LogP contribution in [0.4, 0.5) is 0 Å². The smallest absolute Gasteiger partial charge is 0.191 e. The Kier molecular flexibility index (Phi) is 9.63. The first-order valence-corrected chi connectivity index (χ1v) is 8.10. The van der Waals surface area contributed by atoms with Crippen LogP contribution in [0.1, 0.15) is 23.9 Å². The predicted molar refractivity (Wildman–Crippen MR) is 110 cm³/mol. The van der Waals surface area contributed by atoms with Crippen LogP contribution < -0.4 is 10.6 Å². The van der Waals surface area contributed by atoms with Gasteiger partial charge in [0, 0.05) is 25.0 Å². The van der Waals surface area contributed by atoms with Gasteiger partial charge in [0.1, 0.15) is 5.15 Å². The van der Waals surface area contributed by atoms with Gasteiger partial charge in [-0.25, -0.2) is 9.98 Å². The standard InChI is InChI=1S/C17H22ClN5.HI/c1-3-19-17(22-12-15-6-4-5-13(2)23-15)20-10-9-14-7-8-16(18)21-11-14;/h4-8,11H,3,9-10,12H2,1-2H3,(H2,19,20,22);1H. The fraction of sp³-hybridized carbons (Fsp3) is 0.353. The van der Waals surface area contributed by atoms with Gasteiger partial charge >= 0.3 is 0 Å². The van der Waals surface area contributed by atoms with Crippen molar-refractivity contribution in [2.45, 2.75) is 26.8 Å². The molecule has 0 saturated heterocycles. The average molecular weight is 460 g/mol. The quantitative estimate of drug-likeness (QED) is 0.301. The Morgan fingerprint density at radius 1 is 1.21 bits per heavy atom. The molecule has 0 atom stereocenters. The summed E-state index contributed by atoms with van der Waals surface area (Å²) in [6, 6.07) is 9.76. The molecule has 0 radical (unpaired) electrons. The van der Waals surface area contributed by atoms with Crippen molar-refractivity contribution in [3.63, 3.8) is 0 Å². The molecular weight excluding hydrogens is 437 g/mol. The third kappa shape index (κ3) is 7.44. The van der Waals surface area contributed by atoms with Crippen molar-refractivity contribution in [1.29, 1.82) is 0 Å². The van der Waals surface area contributed by atoms with Crippen LogP contribution in [0.2, 0.25) is 5.15 Å². The number of hydrogen-bond donors (Lipinski definition) is 2. The summed E-state index contributed by atoms with van der Waals surface area (Å²) in [5, 5.41) is 7.07. The zero-order valence-corrected chi connectivity index (χ0v) is 17.0. The third-order valence-electron chi connectivity index (χ3n) is 3.18. The van der Waals surface area contributed by atoms with E-state index in [4.69, 9.17) is 11.6 Å². The van der Waals surface area contributed by atoms with Gasteiger partial charge in [-0.1, -0.05) is 23.7 Å². The largest absolute Gasteiger partial charge is 0.357 e. The van der Waals surface area contributed by atoms with Crippen molar-refractivity contribution in [1.82, 2.24) is 20.6 Å². The molecule has 7 heteroatoms.